The predicted octanol–water partition coefficient (Wildman–Crippen LogP) is 13.0. The smallest absolute Gasteiger partial charge is 0.462 e. The Bertz CT molecular complexity index is 1290. The summed E-state index contributed by atoms with van der Waals surface area (Å²) in [4.78, 5) is 35.5. The Labute approximate surface area is 372 Å². The molecule has 4 atom stereocenters. The van der Waals surface area contributed by atoms with Crippen molar-refractivity contribution in [2.45, 2.75) is 199 Å². The number of phosphoric acid groups is 1. The first kappa shape index (κ1) is 56.7. The third kappa shape index (κ3) is 39.0. The van der Waals surface area contributed by atoms with E-state index in [1.54, 1.807) is 0 Å². The molecule has 0 aromatic carbocycles. The van der Waals surface area contributed by atoms with Gasteiger partial charge in [-0.15, -0.1) is 0 Å². The van der Waals surface area contributed by atoms with Gasteiger partial charge in [0, 0.05) is 12.8 Å². The molecule has 1 saturated heterocycles. The minimum absolute atomic E-state index is 0.0160. The number of unbranched alkanes of at least 4 members (excludes halogenated alkanes) is 16. The van der Waals surface area contributed by atoms with Crippen LogP contribution in [0.1, 0.15) is 181 Å². The number of quaternary nitrogens is 1. The van der Waals surface area contributed by atoms with Crippen LogP contribution in [0, 0.1) is 0 Å². The van der Waals surface area contributed by atoms with E-state index in [0.29, 0.717) is 36.1 Å². The summed E-state index contributed by atoms with van der Waals surface area (Å²) in [5.41, 5.74) is 0. The molecule has 0 aromatic rings. The van der Waals surface area contributed by atoms with Crippen LogP contribution in [0.4, 0.5) is 0 Å². The van der Waals surface area contributed by atoms with E-state index in [1.807, 2.05) is 27.2 Å². The number of hydrogen-bond acceptors (Lipinski definition) is 8. The molecule has 0 bridgehead atoms. The van der Waals surface area contributed by atoms with Crippen LogP contribution in [0.15, 0.2) is 60.8 Å². The fourth-order valence-electron chi connectivity index (χ4n) is 6.49. The van der Waals surface area contributed by atoms with Gasteiger partial charge in [0.05, 0.1) is 40.0 Å². The Balaban J connectivity index is 2.29. The van der Waals surface area contributed by atoms with Gasteiger partial charge in [-0.05, 0) is 83.5 Å². The molecular formula is C50H89NO9P+. The van der Waals surface area contributed by atoms with Gasteiger partial charge in [-0.2, -0.15) is 0 Å². The fraction of sp³-hybridized carbons (Fsp3) is 0.760. The van der Waals surface area contributed by atoms with Gasteiger partial charge in [-0.3, -0.25) is 18.6 Å². The summed E-state index contributed by atoms with van der Waals surface area (Å²) in [5.74, 6) is -0.877. The van der Waals surface area contributed by atoms with Crippen molar-refractivity contribution < 1.29 is 46.8 Å². The number of phosphoric ester groups is 1. The molecule has 1 heterocycles. The Hall–Kier alpha value is -2.33. The summed E-state index contributed by atoms with van der Waals surface area (Å²) in [6.45, 7) is 4.29. The number of rotatable bonds is 42. The van der Waals surface area contributed by atoms with E-state index in [4.69, 9.17) is 23.3 Å². The first-order valence-electron chi connectivity index (χ1n) is 24.1. The quantitative estimate of drug-likeness (QED) is 0.0159. The van der Waals surface area contributed by atoms with E-state index in [2.05, 4.69) is 68.5 Å². The highest BCUT2D eigenvalue weighted by Crippen LogP contribution is 2.43. The molecule has 1 rings (SSSR count). The highest BCUT2D eigenvalue weighted by Gasteiger charge is 2.36. The van der Waals surface area contributed by atoms with E-state index in [1.165, 1.54) is 77.0 Å². The predicted molar refractivity (Wildman–Crippen MR) is 251 cm³/mol. The zero-order valence-corrected chi connectivity index (χ0v) is 40.2. The van der Waals surface area contributed by atoms with Gasteiger partial charge in [0.15, 0.2) is 6.10 Å². The average Bonchev–Trinajstić information content (AvgIpc) is 3.97. The van der Waals surface area contributed by atoms with Crippen molar-refractivity contribution in [3.8, 4) is 0 Å². The molecule has 0 aliphatic carbocycles. The third-order valence-corrected chi connectivity index (χ3v) is 11.4. The molecule has 0 radical (unpaired) electrons. The van der Waals surface area contributed by atoms with Gasteiger partial charge >= 0.3 is 19.8 Å². The van der Waals surface area contributed by atoms with Gasteiger partial charge in [0.1, 0.15) is 19.8 Å². The van der Waals surface area contributed by atoms with Gasteiger partial charge in [0.25, 0.3) is 0 Å². The zero-order chi connectivity index (χ0) is 44.7. The zero-order valence-electron chi connectivity index (χ0n) is 39.3. The summed E-state index contributed by atoms with van der Waals surface area (Å²) in [5, 5.41) is 0. The summed E-state index contributed by atoms with van der Waals surface area (Å²) in [6, 6.07) is 0. The molecule has 0 spiro atoms. The summed E-state index contributed by atoms with van der Waals surface area (Å²) >= 11 is 0. The lowest BCUT2D eigenvalue weighted by molar-refractivity contribution is -0.870. The lowest BCUT2D eigenvalue weighted by Crippen LogP contribution is -2.37. The number of likely N-dealkylation sites (N-methyl/N-ethyl adjacent to an activating group) is 1. The number of hydrogen-bond donors (Lipinski definition) is 1. The molecule has 0 aromatic heterocycles. The van der Waals surface area contributed by atoms with Gasteiger partial charge in [-0.25, -0.2) is 4.57 Å². The maximum absolute atomic E-state index is 12.7. The highest BCUT2D eigenvalue weighted by molar-refractivity contribution is 7.47. The maximum atomic E-state index is 12.7. The molecule has 0 amide bonds. The van der Waals surface area contributed by atoms with Crippen molar-refractivity contribution >= 4 is 19.8 Å². The minimum atomic E-state index is -4.40. The maximum Gasteiger partial charge on any atom is 0.472 e. The molecule has 1 N–H and O–H groups in total. The molecule has 0 saturated carbocycles. The third-order valence-electron chi connectivity index (χ3n) is 10.4. The van der Waals surface area contributed by atoms with Crippen molar-refractivity contribution in [3.63, 3.8) is 0 Å². The second kappa shape index (κ2) is 38.2. The highest BCUT2D eigenvalue weighted by atomic mass is 31.2. The van der Waals surface area contributed by atoms with Gasteiger partial charge < -0.3 is 23.6 Å². The molecular weight excluding hydrogens is 790 g/mol. The number of allylic oxidation sites excluding steroid dienone is 8. The normalized spacial score (nSPS) is 17.3. The number of carbonyl (C=O) groups excluding carboxylic acids is 2. The first-order chi connectivity index (χ1) is 29.5. The SMILES string of the molecule is CCCCC/C=C\C/C=C\CCCCCCCCCCCC(=O)OC[C@H](COP(=O)(O)OCC[N+](C)(C)C)OC(=O)CCC/C=C\C/C=C\CC1OC1C/C=C\CCCCC. The molecule has 11 heteroatoms. The Morgan fingerprint density at radius 2 is 1.05 bits per heavy atom. The van der Waals surface area contributed by atoms with Crippen molar-refractivity contribution in [2.75, 3.05) is 47.5 Å². The fourth-order valence-corrected chi connectivity index (χ4v) is 7.23. The Morgan fingerprint density at radius 3 is 1.61 bits per heavy atom. The Morgan fingerprint density at radius 1 is 0.590 bits per heavy atom. The molecule has 10 nitrogen and oxygen atoms in total. The Kier molecular flexibility index (Phi) is 35.5. The van der Waals surface area contributed by atoms with Crippen molar-refractivity contribution in [1.29, 1.82) is 0 Å². The molecule has 61 heavy (non-hydrogen) atoms. The van der Waals surface area contributed by atoms with E-state index in [-0.39, 0.29) is 26.1 Å². The summed E-state index contributed by atoms with van der Waals surface area (Å²) < 4.78 is 40.1. The topological polar surface area (TPSA) is 121 Å². The largest absolute Gasteiger partial charge is 0.472 e. The van der Waals surface area contributed by atoms with Crippen LogP contribution in [0.3, 0.4) is 0 Å². The van der Waals surface area contributed by atoms with Crippen LogP contribution in [0.2, 0.25) is 0 Å². The van der Waals surface area contributed by atoms with Crippen LogP contribution in [0.25, 0.3) is 0 Å². The number of esters is 2. The molecule has 1 aliphatic heterocycles. The van der Waals surface area contributed by atoms with Crippen LogP contribution in [0.5, 0.6) is 0 Å². The van der Waals surface area contributed by atoms with Crippen LogP contribution < -0.4 is 0 Å². The number of nitrogens with zero attached hydrogens (tertiary/aromatic N) is 1. The van der Waals surface area contributed by atoms with Crippen LogP contribution in [-0.2, 0) is 37.4 Å². The van der Waals surface area contributed by atoms with Crippen molar-refractivity contribution in [3.05, 3.63) is 60.8 Å². The van der Waals surface area contributed by atoms with Crippen molar-refractivity contribution in [2.24, 2.45) is 0 Å². The second-order valence-electron chi connectivity index (χ2n) is 17.5. The lowest BCUT2D eigenvalue weighted by atomic mass is 10.1. The van der Waals surface area contributed by atoms with E-state index in [0.717, 1.165) is 64.2 Å². The first-order valence-corrected chi connectivity index (χ1v) is 25.6. The number of ether oxygens (including phenoxy) is 3. The molecule has 352 valence electrons. The van der Waals surface area contributed by atoms with E-state index in [9.17, 15) is 19.0 Å². The second-order valence-corrected chi connectivity index (χ2v) is 19.0. The summed E-state index contributed by atoms with van der Waals surface area (Å²) in [6.07, 6.45) is 48.7. The summed E-state index contributed by atoms with van der Waals surface area (Å²) in [7, 11) is 1.43. The van der Waals surface area contributed by atoms with E-state index >= 15 is 0 Å². The standard InChI is InChI=1S/C50H88NO9P/c1-6-8-10-12-14-15-16-17-18-19-20-21-22-23-24-25-28-32-36-40-49(52)56-44-46(45-58-61(54,55)57-43-42-51(3,4)5)59-50(53)41-37-33-29-26-27-31-35-39-48-47(60-48)38-34-30-13-11-9-7-2/h14-15,17-18,26,29-31,34-35,46-48H,6-13,16,19-25,27-28,32-33,36-45H2,1-5H3/p+1/b15-14-,18-17-,29-26-,34-30-,35-31-/t46-,47?,48?/m1/s1. The molecule has 1 fully saturated rings. The van der Waals surface area contributed by atoms with Gasteiger partial charge in [-0.1, -0.05) is 145 Å². The van der Waals surface area contributed by atoms with Crippen LogP contribution in [-0.4, -0.2) is 87.1 Å². The van der Waals surface area contributed by atoms with Crippen LogP contribution >= 0.6 is 7.82 Å². The van der Waals surface area contributed by atoms with Crippen molar-refractivity contribution in [1.82, 2.24) is 0 Å². The van der Waals surface area contributed by atoms with Gasteiger partial charge in [0.2, 0.25) is 0 Å². The lowest BCUT2D eigenvalue weighted by Gasteiger charge is -2.24. The molecule has 1 aliphatic rings. The molecule has 3 unspecified atom stereocenters. The van der Waals surface area contributed by atoms with E-state index < -0.39 is 32.5 Å². The number of carbonyl (C=O) groups is 2. The average molecular weight is 879 g/mol. The minimum Gasteiger partial charge on any atom is -0.462 e. The monoisotopic (exact) mass is 879 g/mol. The number of epoxide rings is 1.